The van der Waals surface area contributed by atoms with Crippen molar-refractivity contribution in [2.45, 2.75) is 44.7 Å². The third-order valence-electron chi connectivity index (χ3n) is 6.51. The van der Waals surface area contributed by atoms with Crippen molar-refractivity contribution in [3.05, 3.63) is 99.5 Å². The van der Waals surface area contributed by atoms with Gasteiger partial charge in [-0.05, 0) is 59.9 Å². The summed E-state index contributed by atoms with van der Waals surface area (Å²) in [6.07, 6.45) is 0.676. The third-order valence-corrected chi connectivity index (χ3v) is 7.00. The molecule has 1 aliphatic heterocycles. The van der Waals surface area contributed by atoms with Gasteiger partial charge in [-0.25, -0.2) is 9.59 Å². The van der Waals surface area contributed by atoms with E-state index in [0.29, 0.717) is 38.1 Å². The van der Waals surface area contributed by atoms with E-state index in [2.05, 4.69) is 21.2 Å². The molecule has 0 saturated carbocycles. The van der Waals surface area contributed by atoms with Gasteiger partial charge in [0.25, 0.3) is 0 Å². The van der Waals surface area contributed by atoms with E-state index >= 15 is 0 Å². The number of aliphatic hydroxyl groups is 1. The number of hydrogen-bond acceptors (Lipinski definition) is 6. The van der Waals surface area contributed by atoms with Crippen molar-refractivity contribution in [3.8, 4) is 5.75 Å². The van der Waals surface area contributed by atoms with Gasteiger partial charge >= 0.3 is 12.1 Å². The number of aliphatic hydroxyl groups excluding tert-OH is 1. The van der Waals surface area contributed by atoms with Crippen LogP contribution in [0.4, 0.5) is 4.79 Å². The summed E-state index contributed by atoms with van der Waals surface area (Å²) < 4.78 is 12.2. The Labute approximate surface area is 230 Å². The number of nitrogens with zero attached hydrogens (tertiary/aromatic N) is 1. The number of halogens is 1. The number of carbonyl (C=O) groups excluding carboxylic acids is 1. The molecule has 0 spiro atoms. The normalized spacial score (nSPS) is 15.0. The van der Waals surface area contributed by atoms with Gasteiger partial charge in [0.15, 0.2) is 0 Å². The van der Waals surface area contributed by atoms with E-state index in [4.69, 9.17) is 14.6 Å². The first-order chi connectivity index (χ1) is 18.4. The highest BCUT2D eigenvalue weighted by atomic mass is 79.9. The molecule has 3 N–H and O–H groups in total. The number of nitrogens with one attached hydrogen (secondary N) is 1. The molecule has 200 valence electrons. The quantitative estimate of drug-likeness (QED) is 0.309. The zero-order valence-corrected chi connectivity index (χ0v) is 22.5. The number of ether oxygens (including phenoxy) is 2. The van der Waals surface area contributed by atoms with Crippen molar-refractivity contribution < 1.29 is 29.3 Å². The van der Waals surface area contributed by atoms with E-state index in [9.17, 15) is 14.7 Å². The Balaban J connectivity index is 1.25. The third kappa shape index (κ3) is 8.05. The van der Waals surface area contributed by atoms with E-state index < -0.39 is 18.3 Å². The van der Waals surface area contributed by atoms with Crippen LogP contribution >= 0.6 is 15.9 Å². The Morgan fingerprint density at radius 3 is 2.34 bits per heavy atom. The topological polar surface area (TPSA) is 108 Å². The number of hydrogen-bond donors (Lipinski definition) is 3. The molecule has 1 unspecified atom stereocenters. The average Bonchev–Trinajstić information content (AvgIpc) is 2.92. The van der Waals surface area contributed by atoms with Gasteiger partial charge in [0.1, 0.15) is 25.2 Å². The monoisotopic (exact) mass is 582 g/mol. The van der Waals surface area contributed by atoms with Crippen LogP contribution in [0.15, 0.2) is 77.3 Å². The van der Waals surface area contributed by atoms with Crippen molar-refractivity contribution in [2.24, 2.45) is 0 Å². The molecule has 1 aliphatic rings. The number of benzene rings is 3. The highest BCUT2D eigenvalue weighted by Gasteiger charge is 2.26. The lowest BCUT2D eigenvalue weighted by Gasteiger charge is -2.35. The molecule has 1 heterocycles. The molecular weight excluding hydrogens is 552 g/mol. The second-order valence-corrected chi connectivity index (χ2v) is 10.2. The first kappa shape index (κ1) is 27.6. The highest BCUT2D eigenvalue weighted by molar-refractivity contribution is 9.10. The van der Waals surface area contributed by atoms with Crippen LogP contribution in [0.2, 0.25) is 0 Å². The van der Waals surface area contributed by atoms with E-state index in [1.54, 1.807) is 24.3 Å². The summed E-state index contributed by atoms with van der Waals surface area (Å²) >= 11 is 3.50. The largest absolute Gasteiger partial charge is 0.489 e. The predicted molar refractivity (Wildman–Crippen MR) is 146 cm³/mol. The van der Waals surface area contributed by atoms with Crippen LogP contribution in [-0.2, 0) is 24.4 Å². The lowest BCUT2D eigenvalue weighted by molar-refractivity contribution is -0.0124. The number of carbonyl (C=O) groups is 2. The summed E-state index contributed by atoms with van der Waals surface area (Å²) in [7, 11) is 0. The van der Waals surface area contributed by atoms with Gasteiger partial charge in [0, 0.05) is 30.0 Å². The lowest BCUT2D eigenvalue weighted by atomic mass is 10.0. The molecule has 0 aliphatic carbocycles. The van der Waals surface area contributed by atoms with Crippen molar-refractivity contribution in [1.29, 1.82) is 0 Å². The minimum atomic E-state index is -0.968. The molecule has 1 atom stereocenters. The number of likely N-dealkylation sites (tertiary alicyclic amines) is 1. The van der Waals surface area contributed by atoms with Gasteiger partial charge in [0.05, 0.1) is 5.56 Å². The van der Waals surface area contributed by atoms with Gasteiger partial charge in [0.2, 0.25) is 0 Å². The molecular formula is C29H31BrN2O6. The summed E-state index contributed by atoms with van der Waals surface area (Å²) in [6.45, 7) is 1.80. The standard InChI is InChI=1S/C29H31BrN2O6/c30-24-10-11-26(37-18-21-6-8-22(9-7-21)28(34)35)23(16-24)17-27(33)32-14-12-25(13-15-32)31-29(36)38-19-20-4-2-1-3-5-20/h1-11,16,25,27,33H,12-15,17-19H2,(H,31,36)(H,34,35). The Bertz CT molecular complexity index is 1210. The Kier molecular flexibility index (Phi) is 9.75. The summed E-state index contributed by atoms with van der Waals surface area (Å²) in [5, 5.41) is 23.0. The van der Waals surface area contributed by atoms with E-state index in [1.807, 2.05) is 53.4 Å². The van der Waals surface area contributed by atoms with Crippen LogP contribution in [-0.4, -0.2) is 52.5 Å². The molecule has 3 aromatic carbocycles. The van der Waals surface area contributed by atoms with Crippen molar-refractivity contribution in [2.75, 3.05) is 13.1 Å². The zero-order chi connectivity index (χ0) is 26.9. The molecule has 38 heavy (non-hydrogen) atoms. The van der Waals surface area contributed by atoms with Crippen LogP contribution in [0.25, 0.3) is 0 Å². The van der Waals surface area contributed by atoms with Gasteiger partial charge in [-0.2, -0.15) is 0 Å². The number of alkyl carbamates (subject to hydrolysis) is 1. The van der Waals surface area contributed by atoms with E-state index in [0.717, 1.165) is 21.2 Å². The van der Waals surface area contributed by atoms with Crippen LogP contribution in [0, 0.1) is 0 Å². The molecule has 9 heteroatoms. The summed E-state index contributed by atoms with van der Waals surface area (Å²) in [6, 6.07) is 21.8. The van der Waals surface area contributed by atoms with E-state index in [-0.39, 0.29) is 24.8 Å². The molecule has 0 radical (unpaired) electrons. The first-order valence-corrected chi connectivity index (χ1v) is 13.3. The van der Waals surface area contributed by atoms with Crippen molar-refractivity contribution in [1.82, 2.24) is 10.2 Å². The fourth-order valence-electron chi connectivity index (χ4n) is 4.35. The van der Waals surface area contributed by atoms with Gasteiger partial charge in [-0.15, -0.1) is 0 Å². The van der Waals surface area contributed by atoms with Crippen LogP contribution in [0.1, 0.15) is 39.9 Å². The number of amides is 1. The zero-order valence-electron chi connectivity index (χ0n) is 20.9. The van der Waals surface area contributed by atoms with Crippen LogP contribution < -0.4 is 10.1 Å². The second-order valence-electron chi connectivity index (χ2n) is 9.24. The minimum absolute atomic E-state index is 0.000923. The number of carboxylic acids is 1. The number of piperidine rings is 1. The Morgan fingerprint density at radius 2 is 1.66 bits per heavy atom. The lowest BCUT2D eigenvalue weighted by Crippen LogP contribution is -2.48. The number of carboxylic acid groups (broad SMARTS) is 1. The van der Waals surface area contributed by atoms with Crippen molar-refractivity contribution in [3.63, 3.8) is 0 Å². The van der Waals surface area contributed by atoms with Crippen molar-refractivity contribution >= 4 is 28.0 Å². The maximum Gasteiger partial charge on any atom is 0.407 e. The van der Waals surface area contributed by atoms with Gasteiger partial charge < -0.3 is 25.0 Å². The molecule has 3 aromatic rings. The number of rotatable bonds is 10. The fourth-order valence-corrected chi connectivity index (χ4v) is 4.76. The molecule has 1 saturated heterocycles. The fraction of sp³-hybridized carbons (Fsp3) is 0.310. The number of aromatic carboxylic acids is 1. The molecule has 0 aromatic heterocycles. The highest BCUT2D eigenvalue weighted by Crippen LogP contribution is 2.27. The molecule has 8 nitrogen and oxygen atoms in total. The molecule has 4 rings (SSSR count). The summed E-state index contributed by atoms with van der Waals surface area (Å²) in [4.78, 5) is 25.2. The Morgan fingerprint density at radius 1 is 0.974 bits per heavy atom. The average molecular weight is 583 g/mol. The molecule has 0 bridgehead atoms. The molecule has 1 fully saturated rings. The molecule has 1 amide bonds. The summed E-state index contributed by atoms with van der Waals surface area (Å²) in [5.74, 6) is -0.309. The first-order valence-electron chi connectivity index (χ1n) is 12.5. The van der Waals surface area contributed by atoms with Gasteiger partial charge in [-0.1, -0.05) is 58.4 Å². The summed E-state index contributed by atoms with van der Waals surface area (Å²) in [5.41, 5.74) is 2.87. The predicted octanol–water partition coefficient (Wildman–Crippen LogP) is 4.98. The Hall–Kier alpha value is -3.40. The SMILES string of the molecule is O=C(NC1CCN(C(O)Cc2cc(Br)ccc2OCc2ccc(C(=O)O)cc2)CC1)OCc1ccccc1. The maximum atomic E-state index is 12.2. The van der Waals surface area contributed by atoms with E-state index in [1.165, 1.54) is 0 Å². The van der Waals surface area contributed by atoms with Crippen LogP contribution in [0.3, 0.4) is 0 Å². The minimum Gasteiger partial charge on any atom is -0.489 e. The van der Waals surface area contributed by atoms with Gasteiger partial charge in [-0.3, -0.25) is 4.90 Å². The smallest absolute Gasteiger partial charge is 0.407 e. The van der Waals surface area contributed by atoms with Crippen LogP contribution in [0.5, 0.6) is 5.75 Å². The maximum absolute atomic E-state index is 12.2. The second kappa shape index (κ2) is 13.4.